The van der Waals surface area contributed by atoms with Crippen molar-refractivity contribution in [2.45, 2.75) is 51.5 Å². The highest BCUT2D eigenvalue weighted by Crippen LogP contribution is 2.20. The lowest BCUT2D eigenvalue weighted by atomic mass is 10.1. The number of amides is 1. The Morgan fingerprint density at radius 3 is 2.73 bits per heavy atom. The van der Waals surface area contributed by atoms with E-state index in [1.165, 1.54) is 20.0 Å². The average Bonchev–Trinajstić information content (AvgIpc) is 3.02. The first-order valence-corrected chi connectivity index (χ1v) is 9.45. The molecule has 1 aromatic carbocycles. The van der Waals surface area contributed by atoms with Crippen LogP contribution in [0.3, 0.4) is 0 Å². The lowest BCUT2D eigenvalue weighted by Gasteiger charge is -2.22. The highest BCUT2D eigenvalue weighted by atomic mass is 16.5. The first kappa shape index (κ1) is 20.0. The van der Waals surface area contributed by atoms with Crippen molar-refractivity contribution in [1.82, 2.24) is 4.90 Å². The maximum Gasteiger partial charge on any atom is 0.337 e. The minimum Gasteiger partial charge on any atom is -0.465 e. The summed E-state index contributed by atoms with van der Waals surface area (Å²) < 4.78 is 4.71. The summed E-state index contributed by atoms with van der Waals surface area (Å²) >= 11 is 0. The number of nitrogens with zero attached hydrogens (tertiary/aromatic N) is 1. The summed E-state index contributed by atoms with van der Waals surface area (Å²) in [6, 6.07) is 7.58. The Balaban J connectivity index is 1.87. The molecule has 4 heteroatoms. The molecule has 0 unspecified atom stereocenters. The SMILES string of the molecule is CCCCC=CC=C[C@H]1CCC(=O)N1CCc1ccc(C(=O)OC)cc1. The second-order valence-corrected chi connectivity index (χ2v) is 6.59. The maximum atomic E-state index is 12.2. The fourth-order valence-electron chi connectivity index (χ4n) is 3.11. The van der Waals surface area contributed by atoms with E-state index in [2.05, 4.69) is 31.2 Å². The Hall–Kier alpha value is -2.36. The fourth-order valence-corrected chi connectivity index (χ4v) is 3.11. The minimum absolute atomic E-state index is 0.188. The van der Waals surface area contributed by atoms with Crippen LogP contribution in [0.5, 0.6) is 0 Å². The van der Waals surface area contributed by atoms with E-state index in [1.54, 1.807) is 12.1 Å². The van der Waals surface area contributed by atoms with Crippen molar-refractivity contribution in [3.63, 3.8) is 0 Å². The molecule has 1 saturated heterocycles. The number of hydrogen-bond acceptors (Lipinski definition) is 3. The molecule has 0 aromatic heterocycles. The largest absolute Gasteiger partial charge is 0.465 e. The fraction of sp³-hybridized carbons (Fsp3) is 0.455. The van der Waals surface area contributed by atoms with E-state index < -0.39 is 0 Å². The second kappa shape index (κ2) is 10.6. The zero-order chi connectivity index (χ0) is 18.8. The molecule has 26 heavy (non-hydrogen) atoms. The highest BCUT2D eigenvalue weighted by Gasteiger charge is 2.28. The third kappa shape index (κ3) is 5.87. The number of unbranched alkanes of at least 4 members (excludes halogenated alkanes) is 2. The molecule has 0 N–H and O–H groups in total. The van der Waals surface area contributed by atoms with E-state index >= 15 is 0 Å². The number of likely N-dealkylation sites (tertiary alicyclic amines) is 1. The number of hydrogen-bond donors (Lipinski definition) is 0. The van der Waals surface area contributed by atoms with Crippen LogP contribution in [-0.4, -0.2) is 36.5 Å². The molecule has 0 spiro atoms. The molecule has 0 bridgehead atoms. The summed E-state index contributed by atoms with van der Waals surface area (Å²) in [5.74, 6) is -0.107. The van der Waals surface area contributed by atoms with Gasteiger partial charge in [0.15, 0.2) is 0 Å². The number of carbonyl (C=O) groups excluding carboxylic acids is 2. The van der Waals surface area contributed by atoms with Crippen molar-refractivity contribution >= 4 is 11.9 Å². The summed E-state index contributed by atoms with van der Waals surface area (Å²) in [4.78, 5) is 25.6. The van der Waals surface area contributed by atoms with Gasteiger partial charge in [-0.3, -0.25) is 4.79 Å². The van der Waals surface area contributed by atoms with E-state index in [0.29, 0.717) is 18.5 Å². The lowest BCUT2D eigenvalue weighted by Crippen LogP contribution is -2.33. The van der Waals surface area contributed by atoms with E-state index in [1.807, 2.05) is 17.0 Å². The standard InChI is InChI=1S/C22H29NO3/c1-3-4-5-6-7-8-9-20-14-15-21(24)23(20)17-16-18-10-12-19(13-11-18)22(25)26-2/h6-13,20H,3-5,14-17H2,1-2H3/t20-/m0/s1. The molecule has 140 valence electrons. The zero-order valence-corrected chi connectivity index (χ0v) is 15.8. The summed E-state index contributed by atoms with van der Waals surface area (Å²) in [6.45, 7) is 2.89. The lowest BCUT2D eigenvalue weighted by molar-refractivity contribution is -0.128. The van der Waals surface area contributed by atoms with Crippen molar-refractivity contribution < 1.29 is 14.3 Å². The van der Waals surface area contributed by atoms with Gasteiger partial charge < -0.3 is 9.64 Å². The summed E-state index contributed by atoms with van der Waals surface area (Å²) in [5, 5.41) is 0. The van der Waals surface area contributed by atoms with E-state index in [9.17, 15) is 9.59 Å². The van der Waals surface area contributed by atoms with Crippen LogP contribution in [0.2, 0.25) is 0 Å². The van der Waals surface area contributed by atoms with Crippen molar-refractivity contribution in [2.75, 3.05) is 13.7 Å². The number of esters is 1. The Bertz CT molecular complexity index is 646. The van der Waals surface area contributed by atoms with E-state index in [-0.39, 0.29) is 17.9 Å². The van der Waals surface area contributed by atoms with Crippen molar-refractivity contribution in [3.8, 4) is 0 Å². The summed E-state index contributed by atoms with van der Waals surface area (Å²) in [6.07, 6.45) is 14.3. The highest BCUT2D eigenvalue weighted by molar-refractivity contribution is 5.89. The molecule has 1 aliphatic heterocycles. The molecule has 0 aliphatic carbocycles. The monoisotopic (exact) mass is 355 g/mol. The number of rotatable bonds is 9. The predicted molar refractivity (Wildman–Crippen MR) is 104 cm³/mol. The van der Waals surface area contributed by atoms with Gasteiger partial charge in [0.25, 0.3) is 0 Å². The smallest absolute Gasteiger partial charge is 0.337 e. The Kier molecular flexibility index (Phi) is 8.13. The van der Waals surface area contributed by atoms with Gasteiger partial charge in [0.2, 0.25) is 5.91 Å². The third-order valence-electron chi connectivity index (χ3n) is 4.70. The van der Waals surface area contributed by atoms with Crippen LogP contribution in [-0.2, 0) is 16.0 Å². The first-order chi connectivity index (χ1) is 12.7. The minimum atomic E-state index is -0.330. The van der Waals surface area contributed by atoms with Gasteiger partial charge in [-0.05, 0) is 37.0 Å². The molecule has 4 nitrogen and oxygen atoms in total. The van der Waals surface area contributed by atoms with Crippen molar-refractivity contribution in [2.24, 2.45) is 0 Å². The molecule has 1 atom stereocenters. The van der Waals surface area contributed by atoms with Crippen LogP contribution in [0.25, 0.3) is 0 Å². The van der Waals surface area contributed by atoms with Crippen LogP contribution in [0, 0.1) is 0 Å². The predicted octanol–water partition coefficient (Wildman–Crippen LogP) is 4.31. The molecule has 0 radical (unpaired) electrons. The molecule has 0 saturated carbocycles. The average molecular weight is 355 g/mol. The van der Waals surface area contributed by atoms with Gasteiger partial charge in [0.05, 0.1) is 18.7 Å². The van der Waals surface area contributed by atoms with Crippen LogP contribution in [0.4, 0.5) is 0 Å². The van der Waals surface area contributed by atoms with Gasteiger partial charge in [-0.1, -0.05) is 56.2 Å². The molecular weight excluding hydrogens is 326 g/mol. The molecule has 2 rings (SSSR count). The third-order valence-corrected chi connectivity index (χ3v) is 4.70. The molecular formula is C22H29NO3. The van der Waals surface area contributed by atoms with Crippen LogP contribution >= 0.6 is 0 Å². The van der Waals surface area contributed by atoms with Gasteiger partial charge >= 0.3 is 5.97 Å². The Labute approximate surface area is 156 Å². The molecule has 1 aliphatic rings. The maximum absolute atomic E-state index is 12.2. The van der Waals surface area contributed by atoms with Gasteiger partial charge in [-0.15, -0.1) is 0 Å². The van der Waals surface area contributed by atoms with Crippen molar-refractivity contribution in [3.05, 3.63) is 59.7 Å². The van der Waals surface area contributed by atoms with E-state index in [0.717, 1.165) is 24.8 Å². The summed E-state index contributed by atoms with van der Waals surface area (Å²) in [7, 11) is 1.38. The van der Waals surface area contributed by atoms with Gasteiger partial charge in [0.1, 0.15) is 0 Å². The molecule has 1 aromatic rings. The van der Waals surface area contributed by atoms with Gasteiger partial charge in [-0.25, -0.2) is 4.79 Å². The second-order valence-electron chi connectivity index (χ2n) is 6.59. The number of carbonyl (C=O) groups is 2. The quantitative estimate of drug-likeness (QED) is 0.377. The summed E-state index contributed by atoms with van der Waals surface area (Å²) in [5.41, 5.74) is 1.66. The molecule has 1 heterocycles. The number of benzene rings is 1. The van der Waals surface area contributed by atoms with Crippen LogP contribution < -0.4 is 0 Å². The van der Waals surface area contributed by atoms with Crippen LogP contribution in [0.15, 0.2) is 48.6 Å². The Morgan fingerprint density at radius 1 is 1.27 bits per heavy atom. The van der Waals surface area contributed by atoms with E-state index in [4.69, 9.17) is 4.74 Å². The number of methoxy groups -OCH3 is 1. The van der Waals surface area contributed by atoms with Gasteiger partial charge in [-0.2, -0.15) is 0 Å². The number of ether oxygens (including phenoxy) is 1. The molecule has 1 fully saturated rings. The normalized spacial score (nSPS) is 17.5. The molecule has 1 amide bonds. The first-order valence-electron chi connectivity index (χ1n) is 9.45. The van der Waals surface area contributed by atoms with Gasteiger partial charge in [0, 0.05) is 13.0 Å². The zero-order valence-electron chi connectivity index (χ0n) is 15.8. The Morgan fingerprint density at radius 2 is 2.04 bits per heavy atom. The van der Waals surface area contributed by atoms with Crippen LogP contribution in [0.1, 0.15) is 54.9 Å². The number of allylic oxidation sites excluding steroid dienone is 3. The van der Waals surface area contributed by atoms with Crippen molar-refractivity contribution in [1.29, 1.82) is 0 Å². The topological polar surface area (TPSA) is 46.6 Å².